The Kier molecular flexibility index (Phi) is 8.08. The number of aromatic nitrogens is 1. The number of carbonyl (C=O) groups excluding carboxylic acids is 2. The van der Waals surface area contributed by atoms with Gasteiger partial charge < -0.3 is 25.6 Å². The second-order valence-corrected chi connectivity index (χ2v) is 7.68. The van der Waals surface area contributed by atoms with Gasteiger partial charge >= 0.3 is 5.97 Å². The third-order valence-electron chi connectivity index (χ3n) is 5.08. The summed E-state index contributed by atoms with van der Waals surface area (Å²) in [4.78, 5) is 32.5. The molecule has 166 valence electrons. The van der Waals surface area contributed by atoms with E-state index in [1.807, 2.05) is 36.4 Å². The average molecular weight is 446 g/mol. The molecule has 1 unspecified atom stereocenters. The summed E-state index contributed by atoms with van der Waals surface area (Å²) in [6.07, 6.45) is 0.451. The van der Waals surface area contributed by atoms with Crippen LogP contribution in [-0.4, -0.2) is 67.1 Å². The fraction of sp³-hybridized carbons (Fsp3) is 0.409. The van der Waals surface area contributed by atoms with Crippen LogP contribution in [0.2, 0.25) is 5.15 Å². The summed E-state index contributed by atoms with van der Waals surface area (Å²) >= 11 is 5.97. The van der Waals surface area contributed by atoms with Gasteiger partial charge in [0.15, 0.2) is 0 Å². The van der Waals surface area contributed by atoms with Crippen LogP contribution in [0.15, 0.2) is 42.5 Å². The molecule has 1 saturated heterocycles. The number of ether oxygens (including phenoxy) is 1. The van der Waals surface area contributed by atoms with Gasteiger partial charge in [0.05, 0.1) is 12.6 Å². The highest BCUT2D eigenvalue weighted by molar-refractivity contribution is 6.29. The molecule has 9 heteroatoms. The van der Waals surface area contributed by atoms with Gasteiger partial charge in [-0.1, -0.05) is 29.8 Å². The number of nitrogens with zero attached hydrogens (tertiary/aromatic N) is 3. The monoisotopic (exact) mass is 445 g/mol. The number of piperazine rings is 1. The normalized spacial score (nSPS) is 14.8. The van der Waals surface area contributed by atoms with E-state index in [9.17, 15) is 9.59 Å². The second-order valence-electron chi connectivity index (χ2n) is 7.30. The summed E-state index contributed by atoms with van der Waals surface area (Å²) in [6.45, 7) is 4.81. The number of hydrogen-bond acceptors (Lipinski definition) is 7. The molecule has 1 fully saturated rings. The van der Waals surface area contributed by atoms with E-state index in [2.05, 4.69) is 15.2 Å². The summed E-state index contributed by atoms with van der Waals surface area (Å²) in [6, 6.07) is 12.5. The van der Waals surface area contributed by atoms with Gasteiger partial charge in [0, 0.05) is 31.9 Å². The zero-order valence-electron chi connectivity index (χ0n) is 17.6. The molecule has 1 atom stereocenters. The lowest BCUT2D eigenvalue weighted by molar-refractivity contribution is -0.141. The maximum Gasteiger partial charge on any atom is 0.325 e. The summed E-state index contributed by atoms with van der Waals surface area (Å²) in [5, 5.41) is 3.46. The Labute approximate surface area is 187 Å². The number of nitrogens with two attached hydrogens (primary N) is 1. The minimum atomic E-state index is -0.603. The molecule has 3 N–H and O–H groups in total. The van der Waals surface area contributed by atoms with Crippen molar-refractivity contribution in [2.24, 2.45) is 5.73 Å². The molecule has 0 saturated carbocycles. The highest BCUT2D eigenvalue weighted by Gasteiger charge is 2.26. The topological polar surface area (TPSA) is 101 Å². The fourth-order valence-electron chi connectivity index (χ4n) is 3.45. The molecule has 2 aromatic rings. The number of carbonyl (C=O) groups is 2. The Morgan fingerprint density at radius 3 is 2.52 bits per heavy atom. The van der Waals surface area contributed by atoms with E-state index in [0.717, 1.165) is 17.1 Å². The molecule has 3 rings (SSSR count). The van der Waals surface area contributed by atoms with Gasteiger partial charge in [-0.3, -0.25) is 9.59 Å². The number of hydrogen-bond donors (Lipinski definition) is 2. The largest absolute Gasteiger partial charge is 0.465 e. The van der Waals surface area contributed by atoms with Gasteiger partial charge in [-0.15, -0.1) is 0 Å². The Bertz CT molecular complexity index is 885. The van der Waals surface area contributed by atoms with E-state index < -0.39 is 6.04 Å². The van der Waals surface area contributed by atoms with Crippen LogP contribution in [0.5, 0.6) is 0 Å². The zero-order chi connectivity index (χ0) is 22.2. The first-order chi connectivity index (χ1) is 15.0. The average Bonchev–Trinajstić information content (AvgIpc) is 2.78. The van der Waals surface area contributed by atoms with Gasteiger partial charge in [0.1, 0.15) is 17.5 Å². The van der Waals surface area contributed by atoms with Crippen molar-refractivity contribution in [3.8, 4) is 0 Å². The number of nitrogens with one attached hydrogen (secondary N) is 1. The predicted molar refractivity (Wildman–Crippen MR) is 121 cm³/mol. The number of esters is 1. The van der Waals surface area contributed by atoms with Crippen molar-refractivity contribution in [2.75, 3.05) is 49.5 Å². The highest BCUT2D eigenvalue weighted by atomic mass is 35.5. The number of amides is 1. The zero-order valence-corrected chi connectivity index (χ0v) is 18.3. The molecule has 1 aliphatic rings. The third kappa shape index (κ3) is 6.57. The lowest BCUT2D eigenvalue weighted by atomic mass is 10.0. The molecule has 1 aromatic heterocycles. The van der Waals surface area contributed by atoms with Gasteiger partial charge in [-0.05, 0) is 43.2 Å². The lowest BCUT2D eigenvalue weighted by Gasteiger charge is -2.36. The molecule has 8 nitrogen and oxygen atoms in total. The van der Waals surface area contributed by atoms with Crippen LogP contribution in [0.4, 0.5) is 11.5 Å². The van der Waals surface area contributed by atoms with E-state index in [4.69, 9.17) is 22.1 Å². The quantitative estimate of drug-likeness (QED) is 0.473. The Balaban J connectivity index is 1.46. The molecule has 1 aromatic carbocycles. The second kappa shape index (κ2) is 11.0. The van der Waals surface area contributed by atoms with Crippen LogP contribution in [0.3, 0.4) is 0 Å². The van der Waals surface area contributed by atoms with Crippen molar-refractivity contribution in [1.29, 1.82) is 0 Å². The van der Waals surface area contributed by atoms with Gasteiger partial charge in [0.25, 0.3) is 0 Å². The molecular formula is C22H28ClN5O3. The predicted octanol–water partition coefficient (Wildman–Crippen LogP) is 1.93. The lowest BCUT2D eigenvalue weighted by Crippen LogP contribution is -2.53. The van der Waals surface area contributed by atoms with Gasteiger partial charge in [0.2, 0.25) is 5.91 Å². The van der Waals surface area contributed by atoms with Crippen molar-refractivity contribution in [3.05, 3.63) is 53.2 Å². The van der Waals surface area contributed by atoms with Crippen LogP contribution in [0.25, 0.3) is 0 Å². The van der Waals surface area contributed by atoms with Gasteiger partial charge in [-0.2, -0.15) is 0 Å². The minimum absolute atomic E-state index is 0.0526. The maximum atomic E-state index is 12.8. The van der Waals surface area contributed by atoms with E-state index in [0.29, 0.717) is 44.4 Å². The number of halogens is 1. The van der Waals surface area contributed by atoms with Crippen molar-refractivity contribution in [3.63, 3.8) is 0 Å². The highest BCUT2D eigenvalue weighted by Crippen LogP contribution is 2.17. The Hall–Kier alpha value is -2.84. The van der Waals surface area contributed by atoms with Crippen molar-refractivity contribution in [1.82, 2.24) is 9.88 Å². The van der Waals surface area contributed by atoms with Crippen LogP contribution in [0, 0.1) is 0 Å². The molecule has 2 heterocycles. The molecule has 0 spiro atoms. The van der Waals surface area contributed by atoms with Crippen LogP contribution >= 0.6 is 11.6 Å². The first-order valence-corrected chi connectivity index (χ1v) is 10.7. The molecule has 0 aliphatic carbocycles. The number of rotatable bonds is 8. The van der Waals surface area contributed by atoms with Crippen LogP contribution in [-0.2, 0) is 20.7 Å². The molecule has 1 amide bonds. The minimum Gasteiger partial charge on any atom is -0.465 e. The number of pyridine rings is 1. The van der Waals surface area contributed by atoms with E-state index >= 15 is 0 Å². The van der Waals surface area contributed by atoms with E-state index in [-0.39, 0.29) is 18.4 Å². The van der Waals surface area contributed by atoms with Gasteiger partial charge in [-0.25, -0.2) is 4.98 Å². The van der Waals surface area contributed by atoms with Crippen molar-refractivity contribution < 1.29 is 14.3 Å². The van der Waals surface area contributed by atoms with E-state index in [1.165, 1.54) is 0 Å². The summed E-state index contributed by atoms with van der Waals surface area (Å²) in [5.74, 6) is 0.467. The molecule has 1 aliphatic heterocycles. The molecule has 0 radical (unpaired) electrons. The summed E-state index contributed by atoms with van der Waals surface area (Å²) < 4.78 is 4.89. The summed E-state index contributed by atoms with van der Waals surface area (Å²) in [5.41, 5.74) is 7.97. The fourth-order valence-corrected chi connectivity index (χ4v) is 3.61. The Morgan fingerprint density at radius 2 is 1.87 bits per heavy atom. The molecular weight excluding hydrogens is 418 g/mol. The SMILES string of the molecule is CCOC(=O)CNc1ccc(CC(N)C(=O)N2CCN(c3cccc(Cl)n3)CC2)cc1. The van der Waals surface area contributed by atoms with Crippen molar-refractivity contribution in [2.45, 2.75) is 19.4 Å². The Morgan fingerprint density at radius 1 is 1.16 bits per heavy atom. The molecule has 0 bridgehead atoms. The third-order valence-corrected chi connectivity index (χ3v) is 5.30. The first-order valence-electron chi connectivity index (χ1n) is 10.4. The van der Waals surface area contributed by atoms with E-state index in [1.54, 1.807) is 17.9 Å². The summed E-state index contributed by atoms with van der Waals surface area (Å²) in [7, 11) is 0. The molecule has 31 heavy (non-hydrogen) atoms. The van der Waals surface area contributed by atoms with Crippen LogP contribution in [0.1, 0.15) is 12.5 Å². The first kappa shape index (κ1) is 22.8. The number of benzene rings is 1. The number of anilines is 2. The van der Waals surface area contributed by atoms with Crippen LogP contribution < -0.4 is 16.0 Å². The standard InChI is InChI=1S/C22H28ClN5O3/c1-2-31-21(29)15-25-17-8-6-16(7-9-17)14-18(24)22(30)28-12-10-27(11-13-28)20-5-3-4-19(23)26-20/h3-9,18,25H,2,10-15,24H2,1H3. The maximum absolute atomic E-state index is 12.8. The smallest absolute Gasteiger partial charge is 0.325 e. The van der Waals surface area contributed by atoms with Crippen molar-refractivity contribution >= 4 is 35.0 Å².